The van der Waals surface area contributed by atoms with E-state index >= 15 is 0 Å². The molecule has 0 aliphatic carbocycles. The standard InChI is InChI=1S/C17H18ClNO4S/c1-12-10-15(16(23-2)11-14(12)18)19-17(20)8-9-24(21,22)13-6-4-3-5-7-13/h3-7,10-11H,8-9H2,1-2H3,(H,19,20). The van der Waals surface area contributed by atoms with Crippen LogP contribution >= 0.6 is 11.6 Å². The Kier molecular flexibility index (Phi) is 5.85. The Morgan fingerprint density at radius 1 is 1.21 bits per heavy atom. The molecule has 0 bridgehead atoms. The van der Waals surface area contributed by atoms with E-state index < -0.39 is 15.7 Å². The fraction of sp³-hybridized carbons (Fsp3) is 0.235. The molecule has 2 aromatic carbocycles. The number of rotatable bonds is 6. The molecule has 0 spiro atoms. The smallest absolute Gasteiger partial charge is 0.225 e. The number of carbonyl (C=O) groups excluding carboxylic acids is 1. The Morgan fingerprint density at radius 2 is 1.88 bits per heavy atom. The van der Waals surface area contributed by atoms with Crippen LogP contribution in [0.3, 0.4) is 0 Å². The number of aryl methyl sites for hydroxylation is 1. The van der Waals surface area contributed by atoms with E-state index in [1.54, 1.807) is 37.3 Å². The molecule has 0 aliphatic heterocycles. The lowest BCUT2D eigenvalue weighted by Crippen LogP contribution is -2.18. The minimum absolute atomic E-state index is 0.151. The van der Waals surface area contributed by atoms with Crippen molar-refractivity contribution < 1.29 is 17.9 Å². The Bertz CT molecular complexity index is 835. The van der Waals surface area contributed by atoms with Crippen molar-refractivity contribution >= 4 is 33.0 Å². The van der Waals surface area contributed by atoms with Gasteiger partial charge in [0, 0.05) is 17.5 Å². The summed E-state index contributed by atoms with van der Waals surface area (Å²) in [4.78, 5) is 12.3. The molecule has 128 valence electrons. The number of nitrogens with one attached hydrogen (secondary N) is 1. The van der Waals surface area contributed by atoms with E-state index in [2.05, 4.69) is 5.32 Å². The van der Waals surface area contributed by atoms with Crippen molar-refractivity contribution in [2.24, 2.45) is 0 Å². The van der Waals surface area contributed by atoms with Gasteiger partial charge in [0.1, 0.15) is 5.75 Å². The zero-order valence-corrected chi connectivity index (χ0v) is 14.9. The second-order valence-electron chi connectivity index (χ2n) is 5.23. The van der Waals surface area contributed by atoms with Crippen molar-refractivity contribution in [2.75, 3.05) is 18.2 Å². The molecule has 0 heterocycles. The third kappa shape index (κ3) is 4.49. The molecule has 0 aliphatic rings. The fourth-order valence-electron chi connectivity index (χ4n) is 2.12. The van der Waals surface area contributed by atoms with Crippen molar-refractivity contribution in [3.63, 3.8) is 0 Å². The number of hydrogen-bond donors (Lipinski definition) is 1. The van der Waals surface area contributed by atoms with Crippen LogP contribution in [0.1, 0.15) is 12.0 Å². The van der Waals surface area contributed by atoms with Gasteiger partial charge in [-0.1, -0.05) is 29.8 Å². The first-order valence-corrected chi connectivity index (χ1v) is 9.28. The number of halogens is 1. The maximum absolute atomic E-state index is 12.2. The van der Waals surface area contributed by atoms with Crippen molar-refractivity contribution in [1.29, 1.82) is 0 Å². The van der Waals surface area contributed by atoms with Gasteiger partial charge in [0.2, 0.25) is 5.91 Å². The Balaban J connectivity index is 2.06. The van der Waals surface area contributed by atoms with Crippen molar-refractivity contribution in [3.8, 4) is 5.75 Å². The molecule has 1 N–H and O–H groups in total. The van der Waals surface area contributed by atoms with Gasteiger partial charge in [-0.25, -0.2) is 8.42 Å². The van der Waals surface area contributed by atoms with Gasteiger partial charge in [0.15, 0.2) is 9.84 Å². The van der Waals surface area contributed by atoms with E-state index in [1.165, 1.54) is 19.2 Å². The lowest BCUT2D eigenvalue weighted by Gasteiger charge is -2.12. The van der Waals surface area contributed by atoms with E-state index in [0.29, 0.717) is 16.5 Å². The molecular weight excluding hydrogens is 350 g/mol. The van der Waals surface area contributed by atoms with Crippen molar-refractivity contribution in [1.82, 2.24) is 0 Å². The molecule has 2 aromatic rings. The summed E-state index contributed by atoms with van der Waals surface area (Å²) in [6, 6.07) is 11.3. The molecule has 0 unspecified atom stereocenters. The van der Waals surface area contributed by atoms with Gasteiger partial charge in [0.25, 0.3) is 0 Å². The van der Waals surface area contributed by atoms with Crippen LogP contribution in [0.4, 0.5) is 5.69 Å². The van der Waals surface area contributed by atoms with E-state index in [4.69, 9.17) is 16.3 Å². The molecule has 0 fully saturated rings. The molecule has 0 aromatic heterocycles. The summed E-state index contributed by atoms with van der Waals surface area (Å²) in [6.45, 7) is 1.80. The van der Waals surface area contributed by atoms with Gasteiger partial charge in [-0.05, 0) is 30.7 Å². The highest BCUT2D eigenvalue weighted by Crippen LogP contribution is 2.31. The second kappa shape index (κ2) is 7.68. The highest BCUT2D eigenvalue weighted by atomic mass is 35.5. The second-order valence-corrected chi connectivity index (χ2v) is 7.75. The fourth-order valence-corrected chi connectivity index (χ4v) is 3.53. The first-order chi connectivity index (χ1) is 11.3. The quantitative estimate of drug-likeness (QED) is 0.848. The topological polar surface area (TPSA) is 72.5 Å². The van der Waals surface area contributed by atoms with Crippen molar-refractivity contribution in [2.45, 2.75) is 18.2 Å². The van der Waals surface area contributed by atoms with Crippen LogP contribution in [-0.4, -0.2) is 27.2 Å². The monoisotopic (exact) mass is 367 g/mol. The average molecular weight is 368 g/mol. The van der Waals surface area contributed by atoms with Crippen LogP contribution in [0.25, 0.3) is 0 Å². The SMILES string of the molecule is COc1cc(Cl)c(C)cc1NC(=O)CCS(=O)(=O)c1ccccc1. The number of carbonyl (C=O) groups is 1. The van der Waals surface area contributed by atoms with Crippen LogP contribution < -0.4 is 10.1 Å². The van der Waals surface area contributed by atoms with Crippen LogP contribution in [0.15, 0.2) is 47.4 Å². The molecule has 7 heteroatoms. The molecule has 0 saturated heterocycles. The number of anilines is 1. The minimum atomic E-state index is -3.49. The van der Waals surface area contributed by atoms with Gasteiger partial charge >= 0.3 is 0 Å². The lowest BCUT2D eigenvalue weighted by molar-refractivity contribution is -0.115. The zero-order valence-electron chi connectivity index (χ0n) is 13.4. The highest BCUT2D eigenvalue weighted by Gasteiger charge is 2.17. The molecule has 0 radical (unpaired) electrons. The van der Waals surface area contributed by atoms with E-state index in [9.17, 15) is 13.2 Å². The number of benzene rings is 2. The number of amides is 1. The molecular formula is C17H18ClNO4S. The Hall–Kier alpha value is -2.05. The van der Waals surface area contributed by atoms with Crippen LogP contribution in [0.5, 0.6) is 5.75 Å². The summed E-state index contributed by atoms with van der Waals surface area (Å²) in [5.41, 5.74) is 1.24. The number of ether oxygens (including phenoxy) is 1. The lowest BCUT2D eigenvalue weighted by atomic mass is 10.2. The summed E-state index contributed by atoms with van der Waals surface area (Å²) in [5.74, 6) is -0.253. The van der Waals surface area contributed by atoms with E-state index in [0.717, 1.165) is 5.56 Å². The summed E-state index contributed by atoms with van der Waals surface area (Å²) in [6.07, 6.45) is -0.151. The van der Waals surface area contributed by atoms with E-state index in [1.807, 2.05) is 0 Å². The van der Waals surface area contributed by atoms with Crippen LogP contribution in [-0.2, 0) is 14.6 Å². The highest BCUT2D eigenvalue weighted by molar-refractivity contribution is 7.91. The predicted molar refractivity (Wildman–Crippen MR) is 94.5 cm³/mol. The molecule has 5 nitrogen and oxygen atoms in total. The van der Waals surface area contributed by atoms with Gasteiger partial charge in [-0.15, -0.1) is 0 Å². The molecule has 0 atom stereocenters. The predicted octanol–water partition coefficient (Wildman–Crippen LogP) is 3.46. The van der Waals surface area contributed by atoms with E-state index in [-0.39, 0.29) is 17.1 Å². The third-order valence-electron chi connectivity index (χ3n) is 3.46. The summed E-state index contributed by atoms with van der Waals surface area (Å²) < 4.78 is 29.6. The molecule has 2 rings (SSSR count). The first kappa shape index (κ1) is 18.3. The molecule has 24 heavy (non-hydrogen) atoms. The first-order valence-electron chi connectivity index (χ1n) is 7.25. The molecule has 0 saturated carbocycles. The van der Waals surface area contributed by atoms with Gasteiger partial charge in [-0.3, -0.25) is 4.79 Å². The Labute approximate surface area is 146 Å². The normalized spacial score (nSPS) is 11.1. The maximum Gasteiger partial charge on any atom is 0.225 e. The Morgan fingerprint density at radius 3 is 2.50 bits per heavy atom. The summed E-state index contributed by atoms with van der Waals surface area (Å²) in [5, 5.41) is 3.19. The van der Waals surface area contributed by atoms with Crippen LogP contribution in [0.2, 0.25) is 5.02 Å². The summed E-state index contributed by atoms with van der Waals surface area (Å²) >= 11 is 6.02. The third-order valence-corrected chi connectivity index (χ3v) is 5.59. The number of sulfone groups is 1. The van der Waals surface area contributed by atoms with Gasteiger partial charge < -0.3 is 10.1 Å². The minimum Gasteiger partial charge on any atom is -0.495 e. The summed E-state index contributed by atoms with van der Waals surface area (Å²) in [7, 11) is -2.02. The number of hydrogen-bond acceptors (Lipinski definition) is 4. The average Bonchev–Trinajstić information content (AvgIpc) is 2.57. The maximum atomic E-state index is 12.2. The zero-order chi connectivity index (χ0) is 17.7. The van der Waals surface area contributed by atoms with Crippen LogP contribution in [0, 0.1) is 6.92 Å². The number of methoxy groups -OCH3 is 1. The molecule has 1 amide bonds. The largest absolute Gasteiger partial charge is 0.495 e. The van der Waals surface area contributed by atoms with Gasteiger partial charge in [0.05, 0.1) is 23.4 Å². The van der Waals surface area contributed by atoms with Gasteiger partial charge in [-0.2, -0.15) is 0 Å². The van der Waals surface area contributed by atoms with Crippen molar-refractivity contribution in [3.05, 3.63) is 53.1 Å².